The maximum Gasteiger partial charge on any atom is 0.150 e. The Labute approximate surface area is 126 Å². The molecule has 1 aliphatic rings. The predicted octanol–water partition coefficient (Wildman–Crippen LogP) is 2.59. The zero-order valence-corrected chi connectivity index (χ0v) is 13.5. The zero-order valence-electron chi connectivity index (χ0n) is 12.7. The van der Waals surface area contributed by atoms with Crippen molar-refractivity contribution in [1.29, 1.82) is 0 Å². The fraction of sp³-hybridized carbons (Fsp3) is 0.625. The highest BCUT2D eigenvalue weighted by atomic mass is 32.2. The monoisotopic (exact) mass is 313 g/mol. The van der Waals surface area contributed by atoms with Crippen molar-refractivity contribution in [3.63, 3.8) is 0 Å². The Morgan fingerprint density at radius 2 is 2.10 bits per heavy atom. The Kier molecular flexibility index (Phi) is 5.38. The Morgan fingerprint density at radius 1 is 1.33 bits per heavy atom. The third kappa shape index (κ3) is 4.78. The van der Waals surface area contributed by atoms with Gasteiger partial charge in [0.1, 0.15) is 5.82 Å². The standard InChI is InChI=1S/C16H24FNO2S/c1-12(2)9-18-10-16(13-4-3-5-15(17)8-13)14-6-7-21(19,20)11-14/h3-5,8,12,14,16,18H,6-7,9-11H2,1-2H3. The summed E-state index contributed by atoms with van der Waals surface area (Å²) in [5.74, 6) is 0.881. The second kappa shape index (κ2) is 6.88. The highest BCUT2D eigenvalue weighted by Crippen LogP contribution is 2.33. The van der Waals surface area contributed by atoms with Gasteiger partial charge >= 0.3 is 0 Å². The molecule has 2 unspecified atom stereocenters. The van der Waals surface area contributed by atoms with E-state index in [4.69, 9.17) is 0 Å². The third-order valence-electron chi connectivity index (χ3n) is 4.03. The van der Waals surface area contributed by atoms with Gasteiger partial charge in [0.15, 0.2) is 9.84 Å². The van der Waals surface area contributed by atoms with Crippen LogP contribution < -0.4 is 5.32 Å². The van der Waals surface area contributed by atoms with Crippen molar-refractivity contribution in [2.24, 2.45) is 11.8 Å². The second-order valence-corrected chi connectivity index (χ2v) is 8.61. The maximum atomic E-state index is 13.5. The number of hydrogen-bond donors (Lipinski definition) is 1. The maximum absolute atomic E-state index is 13.5. The van der Waals surface area contributed by atoms with Gasteiger partial charge in [0, 0.05) is 12.5 Å². The molecule has 2 atom stereocenters. The minimum atomic E-state index is -2.92. The number of nitrogens with one attached hydrogen (secondary N) is 1. The molecule has 1 saturated heterocycles. The molecule has 0 bridgehead atoms. The first-order valence-electron chi connectivity index (χ1n) is 7.54. The van der Waals surface area contributed by atoms with Crippen molar-refractivity contribution in [2.45, 2.75) is 26.2 Å². The fourth-order valence-corrected chi connectivity index (χ4v) is 4.84. The lowest BCUT2D eigenvalue weighted by atomic mass is 9.85. The molecule has 1 aromatic carbocycles. The highest BCUT2D eigenvalue weighted by molar-refractivity contribution is 7.91. The molecule has 1 aromatic rings. The number of hydrogen-bond acceptors (Lipinski definition) is 3. The van der Waals surface area contributed by atoms with Crippen LogP contribution in [0.15, 0.2) is 24.3 Å². The van der Waals surface area contributed by atoms with E-state index >= 15 is 0 Å². The van der Waals surface area contributed by atoms with Crippen molar-refractivity contribution < 1.29 is 12.8 Å². The molecule has 3 nitrogen and oxygen atoms in total. The lowest BCUT2D eigenvalue weighted by molar-refractivity contribution is 0.422. The van der Waals surface area contributed by atoms with Crippen LogP contribution in [-0.4, -0.2) is 33.0 Å². The first-order valence-corrected chi connectivity index (χ1v) is 9.36. The van der Waals surface area contributed by atoms with Crippen molar-refractivity contribution in [2.75, 3.05) is 24.6 Å². The molecule has 1 heterocycles. The molecule has 118 valence electrons. The Morgan fingerprint density at radius 3 is 2.67 bits per heavy atom. The third-order valence-corrected chi connectivity index (χ3v) is 5.82. The van der Waals surface area contributed by atoms with Gasteiger partial charge in [-0.3, -0.25) is 0 Å². The van der Waals surface area contributed by atoms with Gasteiger partial charge in [-0.05, 0) is 42.5 Å². The zero-order chi connectivity index (χ0) is 15.5. The summed E-state index contributed by atoms with van der Waals surface area (Å²) in [7, 11) is -2.92. The minimum absolute atomic E-state index is 0.0525. The van der Waals surface area contributed by atoms with Crippen LogP contribution in [0.5, 0.6) is 0 Å². The van der Waals surface area contributed by atoms with Gasteiger partial charge < -0.3 is 5.32 Å². The Balaban J connectivity index is 2.14. The van der Waals surface area contributed by atoms with Gasteiger partial charge in [-0.25, -0.2) is 12.8 Å². The first-order chi connectivity index (χ1) is 9.87. The molecule has 0 aliphatic carbocycles. The van der Waals surface area contributed by atoms with E-state index in [0.29, 0.717) is 18.9 Å². The van der Waals surface area contributed by atoms with Crippen molar-refractivity contribution in [1.82, 2.24) is 5.32 Å². The molecule has 0 spiro atoms. The fourth-order valence-electron chi connectivity index (χ4n) is 2.96. The lowest BCUT2D eigenvalue weighted by Gasteiger charge is -2.24. The predicted molar refractivity (Wildman–Crippen MR) is 83.6 cm³/mol. The minimum Gasteiger partial charge on any atom is -0.316 e. The van der Waals surface area contributed by atoms with Gasteiger partial charge in [-0.15, -0.1) is 0 Å². The summed E-state index contributed by atoms with van der Waals surface area (Å²) in [6, 6.07) is 6.56. The summed E-state index contributed by atoms with van der Waals surface area (Å²) in [6.07, 6.45) is 0.673. The molecule has 0 radical (unpaired) electrons. The molecule has 0 saturated carbocycles. The smallest absolute Gasteiger partial charge is 0.150 e. The summed E-state index contributed by atoms with van der Waals surface area (Å²) >= 11 is 0. The van der Waals surface area contributed by atoms with E-state index in [-0.39, 0.29) is 29.2 Å². The van der Waals surface area contributed by atoms with Crippen LogP contribution in [0.1, 0.15) is 31.7 Å². The largest absolute Gasteiger partial charge is 0.316 e. The van der Waals surface area contributed by atoms with Gasteiger partial charge in [-0.1, -0.05) is 26.0 Å². The van der Waals surface area contributed by atoms with Crippen LogP contribution >= 0.6 is 0 Å². The van der Waals surface area contributed by atoms with Gasteiger partial charge in [0.05, 0.1) is 11.5 Å². The number of rotatable bonds is 6. The van der Waals surface area contributed by atoms with Crippen LogP contribution in [0.3, 0.4) is 0 Å². The molecular weight excluding hydrogens is 289 g/mol. The molecule has 21 heavy (non-hydrogen) atoms. The van der Waals surface area contributed by atoms with Crippen LogP contribution in [-0.2, 0) is 9.84 Å². The lowest BCUT2D eigenvalue weighted by Crippen LogP contribution is -2.30. The topological polar surface area (TPSA) is 46.2 Å². The van der Waals surface area contributed by atoms with Crippen molar-refractivity contribution in [3.05, 3.63) is 35.6 Å². The summed E-state index contributed by atoms with van der Waals surface area (Å²) in [5, 5.41) is 3.39. The quantitative estimate of drug-likeness (QED) is 0.878. The summed E-state index contributed by atoms with van der Waals surface area (Å²) in [5.41, 5.74) is 0.897. The van der Waals surface area contributed by atoms with Gasteiger partial charge in [0.25, 0.3) is 0 Å². The number of benzene rings is 1. The molecule has 0 aromatic heterocycles. The summed E-state index contributed by atoms with van der Waals surface area (Å²) in [6.45, 7) is 5.83. The average molecular weight is 313 g/mol. The van der Waals surface area contributed by atoms with Crippen LogP contribution in [0, 0.1) is 17.7 Å². The van der Waals surface area contributed by atoms with E-state index in [2.05, 4.69) is 19.2 Å². The van der Waals surface area contributed by atoms with Gasteiger partial charge in [0.2, 0.25) is 0 Å². The van der Waals surface area contributed by atoms with Crippen LogP contribution in [0.2, 0.25) is 0 Å². The molecule has 1 N–H and O–H groups in total. The van der Waals surface area contributed by atoms with Crippen LogP contribution in [0.4, 0.5) is 4.39 Å². The molecule has 0 amide bonds. The Bertz CT molecular complexity index is 571. The summed E-state index contributed by atoms with van der Waals surface area (Å²) in [4.78, 5) is 0. The van der Waals surface area contributed by atoms with Crippen molar-refractivity contribution in [3.8, 4) is 0 Å². The van der Waals surface area contributed by atoms with E-state index < -0.39 is 9.84 Å². The highest BCUT2D eigenvalue weighted by Gasteiger charge is 2.34. The van der Waals surface area contributed by atoms with E-state index in [1.54, 1.807) is 6.07 Å². The van der Waals surface area contributed by atoms with Crippen LogP contribution in [0.25, 0.3) is 0 Å². The normalized spacial score (nSPS) is 22.6. The SMILES string of the molecule is CC(C)CNCC(c1cccc(F)c1)C1CCS(=O)(=O)C1. The molecule has 1 fully saturated rings. The second-order valence-electron chi connectivity index (χ2n) is 6.38. The number of halogens is 1. The first kappa shape index (κ1) is 16.4. The van der Waals surface area contributed by atoms with Crippen molar-refractivity contribution >= 4 is 9.84 Å². The molecule has 5 heteroatoms. The Hall–Kier alpha value is -0.940. The average Bonchev–Trinajstić information content (AvgIpc) is 2.74. The summed E-state index contributed by atoms with van der Waals surface area (Å²) < 4.78 is 36.9. The van der Waals surface area contributed by atoms with E-state index in [1.807, 2.05) is 6.07 Å². The van der Waals surface area contributed by atoms with E-state index in [1.165, 1.54) is 12.1 Å². The molecule has 1 aliphatic heterocycles. The van der Waals surface area contributed by atoms with E-state index in [9.17, 15) is 12.8 Å². The van der Waals surface area contributed by atoms with Gasteiger partial charge in [-0.2, -0.15) is 0 Å². The van der Waals surface area contributed by atoms with E-state index in [0.717, 1.165) is 12.1 Å². The molecule has 2 rings (SSSR count). The number of sulfone groups is 1. The molecular formula is C16H24FNO2S.